The molecule has 0 fully saturated rings. The number of rotatable bonds is 34. The molecule has 0 rings (SSSR count). The monoisotopic (exact) mass is 830 g/mol. The average Bonchev–Trinajstić information content (AvgIpc) is 3.05. The molecule has 2 unspecified atom stereocenters. The molecular weight excluding hydrogens is 763 g/mol. The fourth-order valence-corrected chi connectivity index (χ4v) is 6.70. The number of hydrogen-bond donors (Lipinski definition) is 4. The van der Waals surface area contributed by atoms with Gasteiger partial charge >= 0.3 is 59.1 Å². The first-order valence-electron chi connectivity index (χ1n) is 19.5. The maximum Gasteiger partial charge on any atom is 1.00 e. The van der Waals surface area contributed by atoms with E-state index in [4.69, 9.17) is 9.11 Å². The molecule has 4 N–H and O–H groups in total. The first-order valence-corrected chi connectivity index (χ1v) is 22.5. The van der Waals surface area contributed by atoms with Crippen molar-refractivity contribution in [3.63, 3.8) is 0 Å². The van der Waals surface area contributed by atoms with Gasteiger partial charge in [0, 0.05) is 13.1 Å². The second-order valence-electron chi connectivity index (χ2n) is 13.5. The normalized spacial score (nSPS) is 12.2. The summed E-state index contributed by atoms with van der Waals surface area (Å²) < 4.78 is 60.9. The van der Waals surface area contributed by atoms with E-state index in [1.165, 1.54) is 116 Å². The van der Waals surface area contributed by atoms with E-state index >= 15 is 0 Å². The van der Waals surface area contributed by atoms with Crippen LogP contribution in [0.15, 0.2) is 0 Å². The van der Waals surface area contributed by atoms with Crippen LogP contribution < -0.4 is 80.0 Å². The van der Waals surface area contributed by atoms with Crippen molar-refractivity contribution in [3.05, 3.63) is 0 Å². The number of carbonyl (C=O) groups is 4. The minimum absolute atomic E-state index is 0. The summed E-state index contributed by atoms with van der Waals surface area (Å²) in [6.07, 6.45) is 27.1. The second kappa shape index (κ2) is 39.5. The van der Waals surface area contributed by atoms with Crippen LogP contribution in [0.4, 0.5) is 0 Å². The Morgan fingerprint density at radius 3 is 0.833 bits per heavy atom. The van der Waals surface area contributed by atoms with Gasteiger partial charge in [0.1, 0.15) is 10.5 Å². The fourth-order valence-electron chi connectivity index (χ4n) is 5.49. The van der Waals surface area contributed by atoms with Gasteiger partial charge in [-0.2, -0.15) is 16.8 Å². The van der Waals surface area contributed by atoms with Crippen molar-refractivity contribution in [2.24, 2.45) is 0 Å². The molecule has 0 saturated carbocycles. The molecule has 2 amide bonds. The van der Waals surface area contributed by atoms with Crippen LogP contribution in [-0.2, 0) is 39.4 Å². The molecule has 2 atom stereocenters. The number of amides is 2. The van der Waals surface area contributed by atoms with Crippen LogP contribution in [-0.4, -0.2) is 73.3 Å². The first kappa shape index (κ1) is 60.4. The number of carbonyl (C=O) groups excluding carboxylic acids is 4. The second-order valence-corrected chi connectivity index (χ2v) is 16.7. The maximum absolute atomic E-state index is 11.5. The largest absolute Gasteiger partial charge is 1.00 e. The maximum atomic E-state index is 11.5. The molecule has 14 nitrogen and oxygen atoms in total. The van der Waals surface area contributed by atoms with E-state index in [1.807, 2.05) is 0 Å². The minimum Gasteiger partial charge on any atom is -0.549 e. The molecule has 0 spiro atoms. The Morgan fingerprint density at radius 2 is 0.648 bits per heavy atom. The van der Waals surface area contributed by atoms with E-state index in [9.17, 15) is 46.2 Å². The number of aliphatic carboxylic acids is 2. The number of nitrogens with one attached hydrogen (secondary N) is 2. The molecule has 0 saturated heterocycles. The number of unbranched alkanes of at least 4 members (excludes halogenated alkanes) is 22. The summed E-state index contributed by atoms with van der Waals surface area (Å²) in [7, 11) is -9.68. The van der Waals surface area contributed by atoms with Gasteiger partial charge in [0.2, 0.25) is 11.8 Å². The standard InChI is InChI=1S/2C18H35NO6S.2Na/c2*1-2-3-4-5-6-7-8-9-10-11-12-13-14-19-17(20)15-16(18(21)22)26(23,24)25;;/h2*16H,2-15H2,1H3,(H,19,20)(H,21,22)(H,23,24,25);;/q;;2*+1/p-2. The molecule has 54 heavy (non-hydrogen) atoms. The van der Waals surface area contributed by atoms with Gasteiger partial charge in [-0.15, -0.1) is 0 Å². The van der Waals surface area contributed by atoms with Crippen molar-refractivity contribution < 1.29 is 114 Å². The Hall–Kier alpha value is -0.300. The molecule has 0 aliphatic heterocycles. The van der Waals surface area contributed by atoms with Crippen molar-refractivity contribution >= 4 is 44.0 Å². The molecule has 0 bridgehead atoms. The summed E-state index contributed by atoms with van der Waals surface area (Å²) in [4.78, 5) is 44.3. The van der Waals surface area contributed by atoms with Crippen molar-refractivity contribution in [1.82, 2.24) is 10.6 Å². The van der Waals surface area contributed by atoms with Gasteiger partial charge in [-0.05, 0) is 12.8 Å². The molecule has 0 aliphatic carbocycles. The van der Waals surface area contributed by atoms with Crippen LogP contribution in [0.25, 0.3) is 0 Å². The summed E-state index contributed by atoms with van der Waals surface area (Å²) in [5, 5.41) is 21.8. The van der Waals surface area contributed by atoms with Crippen molar-refractivity contribution in [2.45, 2.75) is 191 Å². The van der Waals surface area contributed by atoms with Gasteiger partial charge in [0.15, 0.2) is 0 Å². The third-order valence-electron chi connectivity index (χ3n) is 8.69. The Bertz CT molecular complexity index is 1090. The van der Waals surface area contributed by atoms with Gasteiger partial charge in [-0.25, -0.2) is 0 Å². The molecule has 0 aromatic heterocycles. The van der Waals surface area contributed by atoms with Gasteiger partial charge in [0.05, 0.1) is 24.8 Å². The Kier molecular flexibility index (Phi) is 44.2. The van der Waals surface area contributed by atoms with Gasteiger partial charge in [-0.3, -0.25) is 18.7 Å². The van der Waals surface area contributed by atoms with Crippen LogP contribution in [0.1, 0.15) is 181 Å². The molecule has 308 valence electrons. The molecule has 0 radical (unpaired) electrons. The van der Waals surface area contributed by atoms with E-state index in [2.05, 4.69) is 24.5 Å². The zero-order valence-corrected chi connectivity index (χ0v) is 39.4. The Morgan fingerprint density at radius 1 is 0.444 bits per heavy atom. The van der Waals surface area contributed by atoms with Crippen LogP contribution in [0.5, 0.6) is 0 Å². The van der Waals surface area contributed by atoms with Crippen LogP contribution in [0.2, 0.25) is 0 Å². The van der Waals surface area contributed by atoms with E-state index < -0.39 is 67.3 Å². The molecule has 0 aromatic carbocycles. The van der Waals surface area contributed by atoms with E-state index in [1.54, 1.807) is 0 Å². The number of hydrogen-bond acceptors (Lipinski definition) is 10. The summed E-state index contributed by atoms with van der Waals surface area (Å²) >= 11 is 0. The zero-order valence-electron chi connectivity index (χ0n) is 33.7. The predicted octanol–water partition coefficient (Wildman–Crippen LogP) is -1.59. The van der Waals surface area contributed by atoms with E-state index in [0.717, 1.165) is 38.5 Å². The van der Waals surface area contributed by atoms with Gasteiger partial charge in [0.25, 0.3) is 20.2 Å². The SMILES string of the molecule is CCCCCCCCCCCCCCNC(=O)CC(C(=O)[O-])S(=O)(=O)O.CCCCCCCCCCCCCCNC(=O)CC(C(=O)[O-])S(=O)(=O)O.[Na+].[Na+]. The Labute approximate surface area is 370 Å². The van der Waals surface area contributed by atoms with Crippen LogP contribution in [0, 0.1) is 0 Å². The predicted molar refractivity (Wildman–Crippen MR) is 198 cm³/mol. The fraction of sp³-hybridized carbons (Fsp3) is 0.889. The van der Waals surface area contributed by atoms with Crippen LogP contribution >= 0.6 is 0 Å². The van der Waals surface area contributed by atoms with Crippen molar-refractivity contribution in [3.8, 4) is 0 Å². The molecule has 0 heterocycles. The van der Waals surface area contributed by atoms with Gasteiger partial charge in [-0.1, -0.05) is 155 Å². The van der Waals surface area contributed by atoms with E-state index in [-0.39, 0.29) is 59.1 Å². The third-order valence-corrected chi connectivity index (χ3v) is 10.8. The molecular formula is C36H68N2Na2O12S2. The quantitative estimate of drug-likeness (QED) is 0.0326. The minimum atomic E-state index is -4.84. The number of carboxylic acids is 2. The number of carboxylic acid groups (broad SMARTS) is 2. The summed E-state index contributed by atoms with van der Waals surface area (Å²) in [5.74, 6) is -5.40. The molecule has 0 aliphatic rings. The topological polar surface area (TPSA) is 247 Å². The third kappa shape index (κ3) is 39.9. The smallest absolute Gasteiger partial charge is 0.549 e. The van der Waals surface area contributed by atoms with Crippen molar-refractivity contribution in [2.75, 3.05) is 13.1 Å². The van der Waals surface area contributed by atoms with E-state index in [0.29, 0.717) is 13.1 Å². The van der Waals surface area contributed by atoms with Crippen molar-refractivity contribution in [1.29, 1.82) is 0 Å². The Balaban J connectivity index is -0.000000446. The first-order chi connectivity index (χ1) is 24.6. The zero-order chi connectivity index (χ0) is 39.7. The average molecular weight is 831 g/mol. The molecule has 18 heteroatoms. The van der Waals surface area contributed by atoms with Gasteiger partial charge < -0.3 is 30.4 Å². The van der Waals surface area contributed by atoms with Crippen LogP contribution in [0.3, 0.4) is 0 Å². The summed E-state index contributed by atoms with van der Waals surface area (Å²) in [6.45, 7) is 5.16. The molecule has 0 aromatic rings. The summed E-state index contributed by atoms with van der Waals surface area (Å²) in [5.41, 5.74) is 0. The summed E-state index contributed by atoms with van der Waals surface area (Å²) in [6, 6.07) is 0.